The monoisotopic (exact) mass is 291 g/mol. The molecule has 1 amide bonds. The summed E-state index contributed by atoms with van der Waals surface area (Å²) in [5.74, 6) is 0. The van der Waals surface area contributed by atoms with E-state index in [1.165, 1.54) is 4.31 Å². The molecule has 0 aromatic carbocycles. The number of amides is 1. The molecule has 0 aromatic rings. The average molecular weight is 290 g/mol. The van der Waals surface area contributed by atoms with Crippen molar-refractivity contribution in [3.63, 3.8) is 0 Å². The Morgan fingerprint density at radius 2 is 2.00 bits per heavy atom. The molecule has 12 heavy (non-hydrogen) atoms. The van der Waals surface area contributed by atoms with Gasteiger partial charge in [-0.25, -0.2) is 4.79 Å². The van der Waals surface area contributed by atoms with E-state index in [2.05, 4.69) is 12.8 Å². The summed E-state index contributed by atoms with van der Waals surface area (Å²) in [6.45, 7) is 5.04. The molecule has 68 valence electrons. The maximum absolute atomic E-state index is 10.9. The van der Waals surface area contributed by atoms with Crippen LogP contribution in [0.5, 0.6) is 0 Å². The fourth-order valence-corrected chi connectivity index (χ4v) is 0.825. The number of carbonyl (C=O) groups is 1. The largest absolute Gasteiger partial charge is 0.449 e. The Kier molecular flexibility index (Phi) is 12.1. The number of ether oxygens (including phenoxy) is 1. The third-order valence-corrected chi connectivity index (χ3v) is 1.44. The van der Waals surface area contributed by atoms with Gasteiger partial charge in [-0.05, 0) is 12.8 Å². The Morgan fingerprint density at radius 1 is 1.42 bits per heavy atom. The van der Waals surface area contributed by atoms with Gasteiger partial charge in [-0.1, -0.05) is 26.7 Å². The molecule has 0 saturated carbocycles. The number of rotatable bonds is 4. The summed E-state index contributed by atoms with van der Waals surface area (Å²) >= 11 is 3.94. The van der Waals surface area contributed by atoms with E-state index in [9.17, 15) is 4.79 Å². The first-order valence-electron chi connectivity index (χ1n) is 3.85. The minimum absolute atomic E-state index is 0. The van der Waals surface area contributed by atoms with E-state index in [0.29, 0.717) is 13.2 Å². The van der Waals surface area contributed by atoms with Crippen LogP contribution in [0, 0.1) is 0 Å². The Labute approximate surface area is 99.5 Å². The van der Waals surface area contributed by atoms with Crippen LogP contribution in [-0.2, 0) is 32.0 Å². The van der Waals surface area contributed by atoms with E-state index in [1.54, 1.807) is 0 Å². The molecule has 0 bridgehead atoms. The standard InChI is InChI=1S/C7H15NO2S.Cd/c1-3-5-8(11)7(9)10-6-4-2;/h11H,3-6H2,1-2H3;. The summed E-state index contributed by atoms with van der Waals surface area (Å²) in [5.41, 5.74) is 0. The molecule has 0 rings (SSSR count). The van der Waals surface area contributed by atoms with Gasteiger partial charge in [0.1, 0.15) is 0 Å². The molecule has 0 saturated heterocycles. The first-order valence-corrected chi connectivity index (χ1v) is 4.25. The predicted molar refractivity (Wildman–Crippen MR) is 47.6 cm³/mol. The van der Waals surface area contributed by atoms with Crippen LogP contribution in [0.2, 0.25) is 0 Å². The molecule has 3 nitrogen and oxygen atoms in total. The van der Waals surface area contributed by atoms with Gasteiger partial charge in [0.2, 0.25) is 0 Å². The van der Waals surface area contributed by atoms with Crippen molar-refractivity contribution < 1.29 is 36.8 Å². The minimum Gasteiger partial charge on any atom is -0.449 e. The molecular weight excluding hydrogens is 275 g/mol. The molecule has 0 unspecified atom stereocenters. The Bertz CT molecular complexity index is 124. The molecule has 0 aliphatic carbocycles. The molecule has 0 radical (unpaired) electrons. The molecule has 0 heterocycles. The number of carbonyl (C=O) groups excluding carboxylic acids is 1. The van der Waals surface area contributed by atoms with E-state index in [4.69, 9.17) is 4.74 Å². The van der Waals surface area contributed by atoms with Gasteiger partial charge in [0.15, 0.2) is 0 Å². The molecule has 0 fully saturated rings. The first kappa shape index (κ1) is 15.0. The van der Waals surface area contributed by atoms with Gasteiger partial charge in [0.05, 0.1) is 6.61 Å². The van der Waals surface area contributed by atoms with E-state index in [-0.39, 0.29) is 33.4 Å². The van der Waals surface area contributed by atoms with Crippen LogP contribution in [0.4, 0.5) is 4.79 Å². The normalized spacial score (nSPS) is 8.58. The van der Waals surface area contributed by atoms with Crippen molar-refractivity contribution in [1.29, 1.82) is 0 Å². The number of thiol groups is 1. The SMILES string of the molecule is CCCOC(=O)N(S)CCC.[Cd]. The first-order chi connectivity index (χ1) is 5.22. The van der Waals surface area contributed by atoms with E-state index >= 15 is 0 Å². The second-order valence-electron chi connectivity index (χ2n) is 2.24. The summed E-state index contributed by atoms with van der Waals surface area (Å²) in [6, 6.07) is 0. The van der Waals surface area contributed by atoms with Gasteiger partial charge in [-0.3, -0.25) is 4.31 Å². The number of hydrogen-bond acceptors (Lipinski definition) is 3. The number of nitrogens with zero attached hydrogens (tertiary/aromatic N) is 1. The molecular formula is C7H15CdNO2S. The van der Waals surface area contributed by atoms with Crippen molar-refractivity contribution >= 4 is 18.9 Å². The van der Waals surface area contributed by atoms with Crippen LogP contribution in [-0.4, -0.2) is 23.6 Å². The molecule has 0 aromatic heterocycles. The Balaban J connectivity index is 0. The quantitative estimate of drug-likeness (QED) is 0.634. The van der Waals surface area contributed by atoms with Crippen LogP contribution in [0.3, 0.4) is 0 Å². The molecule has 0 atom stereocenters. The Hall–Kier alpha value is 0.542. The molecule has 0 spiro atoms. The van der Waals surface area contributed by atoms with Crippen LogP contribution in [0.25, 0.3) is 0 Å². The van der Waals surface area contributed by atoms with Crippen molar-refractivity contribution in [3.05, 3.63) is 0 Å². The molecule has 0 aliphatic heterocycles. The van der Waals surface area contributed by atoms with Crippen molar-refractivity contribution in [2.24, 2.45) is 0 Å². The van der Waals surface area contributed by atoms with Crippen LogP contribution in [0.15, 0.2) is 0 Å². The predicted octanol–water partition coefficient (Wildman–Crippen LogP) is 2.09. The van der Waals surface area contributed by atoms with E-state index in [0.717, 1.165) is 12.8 Å². The molecule has 0 N–H and O–H groups in total. The summed E-state index contributed by atoms with van der Waals surface area (Å²) in [7, 11) is 0. The van der Waals surface area contributed by atoms with Gasteiger partial charge in [-0.2, -0.15) is 0 Å². The van der Waals surface area contributed by atoms with Gasteiger partial charge in [0.25, 0.3) is 0 Å². The van der Waals surface area contributed by atoms with Gasteiger partial charge in [-0.15, -0.1) is 0 Å². The molecule has 0 aliphatic rings. The van der Waals surface area contributed by atoms with E-state index in [1.807, 2.05) is 13.8 Å². The Morgan fingerprint density at radius 3 is 2.42 bits per heavy atom. The van der Waals surface area contributed by atoms with Crippen LogP contribution >= 0.6 is 12.8 Å². The minimum atomic E-state index is -0.350. The van der Waals surface area contributed by atoms with Crippen molar-refractivity contribution in [2.75, 3.05) is 13.2 Å². The van der Waals surface area contributed by atoms with Crippen LogP contribution < -0.4 is 0 Å². The fourth-order valence-electron chi connectivity index (χ4n) is 0.567. The zero-order valence-electron chi connectivity index (χ0n) is 7.75. The third-order valence-electron chi connectivity index (χ3n) is 1.08. The topological polar surface area (TPSA) is 29.5 Å². The van der Waals surface area contributed by atoms with Crippen molar-refractivity contribution in [1.82, 2.24) is 4.31 Å². The van der Waals surface area contributed by atoms with Crippen molar-refractivity contribution in [3.8, 4) is 0 Å². The second-order valence-corrected chi connectivity index (χ2v) is 2.72. The summed E-state index contributed by atoms with van der Waals surface area (Å²) in [4.78, 5) is 10.9. The fraction of sp³-hybridized carbons (Fsp3) is 0.857. The van der Waals surface area contributed by atoms with E-state index < -0.39 is 0 Å². The zero-order chi connectivity index (χ0) is 8.69. The van der Waals surface area contributed by atoms with Gasteiger partial charge >= 0.3 is 6.09 Å². The third kappa shape index (κ3) is 7.21. The van der Waals surface area contributed by atoms with Crippen LogP contribution in [0.1, 0.15) is 26.7 Å². The van der Waals surface area contributed by atoms with Gasteiger partial charge < -0.3 is 4.74 Å². The van der Waals surface area contributed by atoms with Crippen molar-refractivity contribution in [2.45, 2.75) is 26.7 Å². The zero-order valence-corrected chi connectivity index (χ0v) is 12.7. The maximum atomic E-state index is 10.9. The second kappa shape index (κ2) is 9.63. The molecule has 5 heteroatoms. The summed E-state index contributed by atoms with van der Waals surface area (Å²) in [5, 5.41) is 0. The van der Waals surface area contributed by atoms with Gasteiger partial charge in [0, 0.05) is 33.8 Å². The average Bonchev–Trinajstić information content (AvgIpc) is 2.00. The summed E-state index contributed by atoms with van der Waals surface area (Å²) < 4.78 is 6.10. The smallest absolute Gasteiger partial charge is 0.419 e. The maximum Gasteiger partial charge on any atom is 0.419 e. The number of hydrogen-bond donors (Lipinski definition) is 1. The summed E-state index contributed by atoms with van der Waals surface area (Å²) in [6.07, 6.45) is 1.39.